The molecule has 118 valence electrons. The van der Waals surface area contributed by atoms with Gasteiger partial charge in [0.25, 0.3) is 0 Å². The minimum Gasteiger partial charge on any atom is -0.480 e. The summed E-state index contributed by atoms with van der Waals surface area (Å²) in [6, 6.07) is -1.05. The molecule has 2 amide bonds. The van der Waals surface area contributed by atoms with Crippen molar-refractivity contribution in [3.8, 4) is 0 Å². The summed E-state index contributed by atoms with van der Waals surface area (Å²) < 4.78 is 4.74. The number of likely N-dealkylation sites (tertiary alicyclic amines) is 2. The lowest BCUT2D eigenvalue weighted by Gasteiger charge is -2.35. The van der Waals surface area contributed by atoms with Crippen LogP contribution in [0.4, 0.5) is 4.79 Å². The summed E-state index contributed by atoms with van der Waals surface area (Å²) in [4.78, 5) is 38.5. The largest absolute Gasteiger partial charge is 0.480 e. The van der Waals surface area contributed by atoms with E-state index in [9.17, 15) is 19.5 Å². The quantitative estimate of drug-likeness (QED) is 0.761. The van der Waals surface area contributed by atoms with Gasteiger partial charge in [0.05, 0.1) is 13.0 Å². The maximum Gasteiger partial charge on any atom is 0.326 e. The molecule has 2 heterocycles. The molecular formula is C14H22N2O5. The number of carbonyl (C=O) groups excluding carboxylic acids is 2. The summed E-state index contributed by atoms with van der Waals surface area (Å²) >= 11 is 0. The van der Waals surface area contributed by atoms with E-state index >= 15 is 0 Å². The molecule has 0 aromatic rings. The van der Waals surface area contributed by atoms with E-state index in [1.54, 1.807) is 4.90 Å². The second-order valence-corrected chi connectivity index (χ2v) is 5.83. The number of esters is 1. The zero-order valence-corrected chi connectivity index (χ0v) is 12.4. The molecule has 7 nitrogen and oxygen atoms in total. The van der Waals surface area contributed by atoms with Crippen molar-refractivity contribution in [2.75, 3.05) is 26.7 Å². The van der Waals surface area contributed by atoms with Crippen molar-refractivity contribution in [3.63, 3.8) is 0 Å². The van der Waals surface area contributed by atoms with Gasteiger partial charge >= 0.3 is 18.0 Å². The van der Waals surface area contributed by atoms with Crippen molar-refractivity contribution in [3.05, 3.63) is 0 Å². The number of carboxylic acids is 1. The Morgan fingerprint density at radius 2 is 1.90 bits per heavy atom. The lowest BCUT2D eigenvalue weighted by atomic mass is 9.98. The van der Waals surface area contributed by atoms with Crippen LogP contribution in [0.25, 0.3) is 0 Å². The van der Waals surface area contributed by atoms with Crippen LogP contribution in [0.3, 0.4) is 0 Å². The predicted octanol–water partition coefficient (Wildman–Crippen LogP) is 0.786. The van der Waals surface area contributed by atoms with Gasteiger partial charge in [0, 0.05) is 19.6 Å². The molecule has 0 bridgehead atoms. The molecule has 0 spiro atoms. The van der Waals surface area contributed by atoms with Crippen LogP contribution < -0.4 is 0 Å². The van der Waals surface area contributed by atoms with E-state index in [0.29, 0.717) is 32.5 Å². The summed E-state index contributed by atoms with van der Waals surface area (Å²) in [6.45, 7) is 3.17. The Kier molecular flexibility index (Phi) is 4.69. The van der Waals surface area contributed by atoms with Gasteiger partial charge in [0.2, 0.25) is 0 Å². The Morgan fingerprint density at radius 3 is 2.52 bits per heavy atom. The number of nitrogens with zero attached hydrogens (tertiary/aromatic N) is 2. The molecule has 7 heteroatoms. The molecule has 2 aliphatic rings. The number of rotatable bonds is 2. The zero-order valence-electron chi connectivity index (χ0n) is 12.4. The molecule has 3 unspecified atom stereocenters. The molecule has 2 aliphatic heterocycles. The highest BCUT2D eigenvalue weighted by molar-refractivity contribution is 5.84. The van der Waals surface area contributed by atoms with Crippen LogP contribution in [0.1, 0.15) is 26.2 Å². The van der Waals surface area contributed by atoms with Crippen molar-refractivity contribution in [1.29, 1.82) is 0 Å². The summed E-state index contributed by atoms with van der Waals surface area (Å²) in [5, 5.41) is 9.29. The van der Waals surface area contributed by atoms with Crippen LogP contribution in [0, 0.1) is 11.8 Å². The van der Waals surface area contributed by atoms with E-state index in [2.05, 4.69) is 0 Å². The van der Waals surface area contributed by atoms with Crippen molar-refractivity contribution >= 4 is 18.0 Å². The van der Waals surface area contributed by atoms with Crippen LogP contribution in [0.15, 0.2) is 0 Å². The van der Waals surface area contributed by atoms with E-state index < -0.39 is 12.0 Å². The van der Waals surface area contributed by atoms with Crippen LogP contribution in [0.2, 0.25) is 0 Å². The maximum absolute atomic E-state index is 12.6. The average molecular weight is 298 g/mol. The fourth-order valence-corrected chi connectivity index (χ4v) is 3.23. The highest BCUT2D eigenvalue weighted by atomic mass is 16.5. The summed E-state index contributed by atoms with van der Waals surface area (Å²) in [5.41, 5.74) is 0. The van der Waals surface area contributed by atoms with Gasteiger partial charge in [-0.3, -0.25) is 4.79 Å². The van der Waals surface area contributed by atoms with Crippen molar-refractivity contribution in [2.24, 2.45) is 11.8 Å². The highest BCUT2D eigenvalue weighted by Crippen LogP contribution is 2.27. The second kappa shape index (κ2) is 6.32. The SMILES string of the molecule is COC(=O)C1CCCN(C(=O)N2CCC(C)C2C(=O)O)C1. The highest BCUT2D eigenvalue weighted by Gasteiger charge is 2.42. The molecule has 1 N–H and O–H groups in total. The van der Waals surface area contributed by atoms with Gasteiger partial charge < -0.3 is 19.6 Å². The minimum absolute atomic E-state index is 0.0485. The number of carboxylic acid groups (broad SMARTS) is 1. The smallest absolute Gasteiger partial charge is 0.326 e. The molecule has 2 saturated heterocycles. The topological polar surface area (TPSA) is 87.2 Å². The van der Waals surface area contributed by atoms with Crippen LogP contribution in [-0.2, 0) is 14.3 Å². The molecule has 0 aromatic carbocycles. The van der Waals surface area contributed by atoms with E-state index in [1.807, 2.05) is 6.92 Å². The molecular weight excluding hydrogens is 276 g/mol. The summed E-state index contributed by atoms with van der Waals surface area (Å²) in [7, 11) is 1.34. The normalized spacial score (nSPS) is 29.3. The molecule has 0 aliphatic carbocycles. The van der Waals surface area contributed by atoms with E-state index in [-0.39, 0.29) is 23.8 Å². The molecule has 0 saturated carbocycles. The first-order chi connectivity index (χ1) is 9.95. The van der Waals surface area contributed by atoms with Gasteiger partial charge in [-0.15, -0.1) is 0 Å². The number of hydrogen-bond donors (Lipinski definition) is 1. The standard InChI is InChI=1S/C14H22N2O5/c1-9-5-7-16(11(9)12(17)18)14(20)15-6-3-4-10(8-15)13(19)21-2/h9-11H,3-8H2,1-2H3,(H,17,18). The molecule has 2 fully saturated rings. The molecule has 0 radical (unpaired) electrons. The van der Waals surface area contributed by atoms with Gasteiger partial charge in [-0.2, -0.15) is 0 Å². The van der Waals surface area contributed by atoms with Crippen molar-refractivity contribution in [1.82, 2.24) is 9.80 Å². The molecule has 2 rings (SSSR count). The number of amides is 2. The maximum atomic E-state index is 12.6. The monoisotopic (exact) mass is 298 g/mol. The average Bonchev–Trinajstić information content (AvgIpc) is 2.87. The molecule has 21 heavy (non-hydrogen) atoms. The van der Waals surface area contributed by atoms with Crippen LogP contribution >= 0.6 is 0 Å². The van der Waals surface area contributed by atoms with Crippen molar-refractivity contribution < 1.29 is 24.2 Å². The first-order valence-corrected chi connectivity index (χ1v) is 7.32. The van der Waals surface area contributed by atoms with E-state index in [0.717, 1.165) is 6.42 Å². The Morgan fingerprint density at radius 1 is 1.19 bits per heavy atom. The zero-order chi connectivity index (χ0) is 15.6. The number of piperidine rings is 1. The molecule has 3 atom stereocenters. The number of urea groups is 1. The number of hydrogen-bond acceptors (Lipinski definition) is 4. The fourth-order valence-electron chi connectivity index (χ4n) is 3.23. The lowest BCUT2D eigenvalue weighted by molar-refractivity contribution is -0.147. The Labute approximate surface area is 123 Å². The lowest BCUT2D eigenvalue weighted by Crippen LogP contribution is -2.52. The first-order valence-electron chi connectivity index (χ1n) is 7.32. The van der Waals surface area contributed by atoms with Crippen molar-refractivity contribution in [2.45, 2.75) is 32.2 Å². The van der Waals surface area contributed by atoms with E-state index in [1.165, 1.54) is 12.0 Å². The third-order valence-electron chi connectivity index (χ3n) is 4.43. The number of carbonyl (C=O) groups is 3. The minimum atomic E-state index is -0.963. The predicted molar refractivity (Wildman–Crippen MR) is 73.6 cm³/mol. The van der Waals surface area contributed by atoms with E-state index in [4.69, 9.17) is 4.74 Å². The number of methoxy groups -OCH3 is 1. The third kappa shape index (κ3) is 3.11. The first kappa shape index (κ1) is 15.6. The Balaban J connectivity index is 2.05. The van der Waals surface area contributed by atoms with Gasteiger partial charge in [-0.1, -0.05) is 6.92 Å². The number of ether oxygens (including phenoxy) is 1. The Hall–Kier alpha value is -1.79. The summed E-state index contributed by atoms with van der Waals surface area (Å²) in [5.74, 6) is -1.63. The third-order valence-corrected chi connectivity index (χ3v) is 4.43. The van der Waals surface area contributed by atoms with Crippen LogP contribution in [-0.4, -0.2) is 65.7 Å². The Bertz CT molecular complexity index is 439. The summed E-state index contributed by atoms with van der Waals surface area (Å²) in [6.07, 6.45) is 2.12. The van der Waals surface area contributed by atoms with Gasteiger partial charge in [-0.25, -0.2) is 9.59 Å². The van der Waals surface area contributed by atoms with Gasteiger partial charge in [-0.05, 0) is 25.2 Å². The van der Waals surface area contributed by atoms with Crippen LogP contribution in [0.5, 0.6) is 0 Å². The molecule has 0 aromatic heterocycles. The number of aliphatic carboxylic acids is 1. The van der Waals surface area contributed by atoms with Gasteiger partial charge in [0.15, 0.2) is 0 Å². The second-order valence-electron chi connectivity index (χ2n) is 5.83. The van der Waals surface area contributed by atoms with Gasteiger partial charge in [0.1, 0.15) is 6.04 Å². The fraction of sp³-hybridized carbons (Fsp3) is 0.786.